The van der Waals surface area contributed by atoms with Gasteiger partial charge in [0.2, 0.25) is 0 Å². The molecule has 9 nitrogen and oxygen atoms in total. The number of alkyl halides is 3. The Balaban J connectivity index is 0.000000383. The number of pyridine rings is 1. The van der Waals surface area contributed by atoms with Crippen LogP contribution in [0.1, 0.15) is 23.3 Å². The minimum absolute atomic E-state index is 0.0469. The van der Waals surface area contributed by atoms with Crippen molar-refractivity contribution in [3.8, 4) is 0 Å². The predicted molar refractivity (Wildman–Crippen MR) is 111 cm³/mol. The fourth-order valence-electron chi connectivity index (χ4n) is 3.95. The van der Waals surface area contributed by atoms with E-state index in [1.807, 2.05) is 17.2 Å². The van der Waals surface area contributed by atoms with Crippen LogP contribution in [0.5, 0.6) is 0 Å². The molecule has 2 aliphatic heterocycles. The summed E-state index contributed by atoms with van der Waals surface area (Å²) in [6.07, 6.45) is 5.30. The van der Waals surface area contributed by atoms with Crippen molar-refractivity contribution in [2.75, 3.05) is 44.3 Å². The van der Waals surface area contributed by atoms with Crippen LogP contribution in [0.15, 0.2) is 43.1 Å². The van der Waals surface area contributed by atoms with Gasteiger partial charge in [-0.05, 0) is 25.0 Å². The molecule has 2 aromatic heterocycles. The summed E-state index contributed by atoms with van der Waals surface area (Å²) in [5, 5.41) is 7.12. The summed E-state index contributed by atoms with van der Waals surface area (Å²) in [6, 6.07) is 4.04. The minimum atomic E-state index is -5.08. The van der Waals surface area contributed by atoms with Crippen LogP contribution in [0, 0.1) is 5.41 Å². The topological polar surface area (TPSA) is 109 Å². The SMILES string of the molecule is O=C(O)C(F)(F)F.O=C(c1cnccn1)N1CCCC2(COCCN(c3cccnc3)C2)C1. The molecule has 1 N–H and O–H groups in total. The first-order valence-corrected chi connectivity index (χ1v) is 10.3. The van der Waals surface area contributed by atoms with Gasteiger partial charge < -0.3 is 19.6 Å². The maximum Gasteiger partial charge on any atom is 0.490 e. The molecule has 2 saturated heterocycles. The van der Waals surface area contributed by atoms with E-state index in [2.05, 4.69) is 25.9 Å². The van der Waals surface area contributed by atoms with E-state index in [-0.39, 0.29) is 11.3 Å². The fourth-order valence-corrected chi connectivity index (χ4v) is 3.95. The first-order chi connectivity index (χ1) is 15.7. The Morgan fingerprint density at radius 3 is 2.48 bits per heavy atom. The Labute approximate surface area is 188 Å². The number of rotatable bonds is 2. The van der Waals surface area contributed by atoms with Crippen LogP contribution in [0.3, 0.4) is 0 Å². The second-order valence-corrected chi connectivity index (χ2v) is 7.91. The van der Waals surface area contributed by atoms with E-state index in [0.29, 0.717) is 25.5 Å². The third-order valence-electron chi connectivity index (χ3n) is 5.42. The highest BCUT2D eigenvalue weighted by molar-refractivity contribution is 5.92. The normalized spacial score (nSPS) is 21.1. The van der Waals surface area contributed by atoms with Crippen LogP contribution in [-0.4, -0.2) is 82.4 Å². The Morgan fingerprint density at radius 2 is 1.85 bits per heavy atom. The number of carboxylic acids is 1. The zero-order chi connectivity index (χ0) is 23.9. The van der Waals surface area contributed by atoms with Gasteiger partial charge in [0, 0.05) is 50.2 Å². The van der Waals surface area contributed by atoms with Gasteiger partial charge in [-0.25, -0.2) is 9.78 Å². The first-order valence-electron chi connectivity index (χ1n) is 10.3. The van der Waals surface area contributed by atoms with Gasteiger partial charge in [-0.2, -0.15) is 13.2 Å². The van der Waals surface area contributed by atoms with E-state index in [9.17, 15) is 18.0 Å². The summed E-state index contributed by atoms with van der Waals surface area (Å²) in [4.78, 5) is 38.4. The molecule has 2 aromatic rings. The van der Waals surface area contributed by atoms with Crippen molar-refractivity contribution in [2.45, 2.75) is 19.0 Å². The highest BCUT2D eigenvalue weighted by Gasteiger charge is 2.41. The standard InChI is InChI=1S/C19H23N5O2.C2HF3O2/c25-18(17-12-21-6-7-22-17)24-8-2-4-19(14-24)13-23(9-10-26-15-19)16-3-1-5-20-11-16;3-2(4,5)1(6)7/h1,3,5-7,11-12H,2,4,8-10,13-15H2;(H,6,7). The highest BCUT2D eigenvalue weighted by atomic mass is 19.4. The van der Waals surface area contributed by atoms with Gasteiger partial charge in [0.25, 0.3) is 5.91 Å². The molecule has 1 spiro atoms. The number of hydrogen-bond acceptors (Lipinski definition) is 7. The monoisotopic (exact) mass is 467 g/mol. The van der Waals surface area contributed by atoms with Crippen molar-refractivity contribution in [3.63, 3.8) is 0 Å². The van der Waals surface area contributed by atoms with Crippen molar-refractivity contribution >= 4 is 17.6 Å². The number of amides is 1. The van der Waals surface area contributed by atoms with Crippen molar-refractivity contribution < 1.29 is 32.6 Å². The molecule has 1 amide bonds. The molecule has 0 saturated carbocycles. The first kappa shape index (κ1) is 24.4. The van der Waals surface area contributed by atoms with E-state index in [1.165, 1.54) is 6.20 Å². The minimum Gasteiger partial charge on any atom is -0.475 e. The van der Waals surface area contributed by atoms with Crippen molar-refractivity contribution in [3.05, 3.63) is 48.8 Å². The average Bonchev–Trinajstić information content (AvgIpc) is 3.02. The summed E-state index contributed by atoms with van der Waals surface area (Å²) < 4.78 is 37.7. The molecule has 0 bridgehead atoms. The lowest BCUT2D eigenvalue weighted by atomic mass is 9.80. The molecule has 1 unspecified atom stereocenters. The number of aliphatic carboxylic acids is 1. The number of carbonyl (C=O) groups excluding carboxylic acids is 1. The van der Waals surface area contributed by atoms with Gasteiger partial charge in [-0.15, -0.1) is 0 Å². The Hall–Kier alpha value is -3.28. The maximum absolute atomic E-state index is 12.8. The molecular weight excluding hydrogens is 443 g/mol. The molecule has 178 valence electrons. The largest absolute Gasteiger partial charge is 0.490 e. The van der Waals surface area contributed by atoms with Crippen LogP contribution in [0.4, 0.5) is 18.9 Å². The summed E-state index contributed by atoms with van der Waals surface area (Å²) in [5.74, 6) is -2.80. The number of aromatic nitrogens is 3. The fraction of sp³-hybridized carbons (Fsp3) is 0.476. The molecule has 2 fully saturated rings. The van der Waals surface area contributed by atoms with E-state index < -0.39 is 12.1 Å². The number of carboxylic acid groups (broad SMARTS) is 1. The number of anilines is 1. The van der Waals surface area contributed by atoms with Crippen molar-refractivity contribution in [1.29, 1.82) is 0 Å². The average molecular weight is 467 g/mol. The van der Waals surface area contributed by atoms with Gasteiger partial charge >= 0.3 is 12.1 Å². The van der Waals surface area contributed by atoms with Crippen LogP contribution in [-0.2, 0) is 9.53 Å². The lowest BCUT2D eigenvalue weighted by Crippen LogP contribution is -2.52. The number of hydrogen-bond donors (Lipinski definition) is 1. The lowest BCUT2D eigenvalue weighted by Gasteiger charge is -2.43. The quantitative estimate of drug-likeness (QED) is 0.717. The Kier molecular flexibility index (Phi) is 7.79. The molecule has 2 aliphatic rings. The van der Waals surface area contributed by atoms with Gasteiger partial charge in [0.05, 0.1) is 31.3 Å². The second kappa shape index (κ2) is 10.6. The number of piperidine rings is 1. The van der Waals surface area contributed by atoms with Gasteiger partial charge in [0.1, 0.15) is 5.69 Å². The number of likely N-dealkylation sites (tertiary alicyclic amines) is 1. The third kappa shape index (κ3) is 6.60. The number of carbonyl (C=O) groups is 2. The zero-order valence-corrected chi connectivity index (χ0v) is 17.7. The van der Waals surface area contributed by atoms with Crippen LogP contribution in [0.2, 0.25) is 0 Å². The Bertz CT molecular complexity index is 933. The smallest absolute Gasteiger partial charge is 0.475 e. The molecule has 0 aliphatic carbocycles. The van der Waals surface area contributed by atoms with E-state index >= 15 is 0 Å². The van der Waals surface area contributed by atoms with Crippen LogP contribution >= 0.6 is 0 Å². The van der Waals surface area contributed by atoms with E-state index in [4.69, 9.17) is 14.6 Å². The molecule has 4 rings (SSSR count). The van der Waals surface area contributed by atoms with E-state index in [0.717, 1.165) is 38.2 Å². The van der Waals surface area contributed by atoms with Crippen LogP contribution in [0.25, 0.3) is 0 Å². The van der Waals surface area contributed by atoms with Gasteiger partial charge in [-0.1, -0.05) is 0 Å². The van der Waals surface area contributed by atoms with Gasteiger partial charge in [0.15, 0.2) is 0 Å². The summed E-state index contributed by atoms with van der Waals surface area (Å²) in [6.45, 7) is 4.50. The van der Waals surface area contributed by atoms with Crippen LogP contribution < -0.4 is 4.90 Å². The summed E-state index contributed by atoms with van der Waals surface area (Å²) in [7, 11) is 0. The number of ether oxygens (including phenoxy) is 1. The molecule has 0 radical (unpaired) electrons. The molecular formula is C21H24F3N5O4. The zero-order valence-electron chi connectivity index (χ0n) is 17.7. The molecule has 1 atom stereocenters. The number of halogens is 3. The Morgan fingerprint density at radius 1 is 1.09 bits per heavy atom. The predicted octanol–water partition coefficient (Wildman–Crippen LogP) is 2.26. The van der Waals surface area contributed by atoms with E-state index in [1.54, 1.807) is 18.6 Å². The summed E-state index contributed by atoms with van der Waals surface area (Å²) in [5.41, 5.74) is 1.44. The highest BCUT2D eigenvalue weighted by Crippen LogP contribution is 2.34. The second-order valence-electron chi connectivity index (χ2n) is 7.91. The van der Waals surface area contributed by atoms with Crippen molar-refractivity contribution in [2.24, 2.45) is 5.41 Å². The van der Waals surface area contributed by atoms with Crippen molar-refractivity contribution in [1.82, 2.24) is 19.9 Å². The molecule has 33 heavy (non-hydrogen) atoms. The maximum atomic E-state index is 12.8. The summed E-state index contributed by atoms with van der Waals surface area (Å²) >= 11 is 0. The molecule has 4 heterocycles. The van der Waals surface area contributed by atoms with Gasteiger partial charge in [-0.3, -0.25) is 14.8 Å². The molecule has 0 aromatic carbocycles. The third-order valence-corrected chi connectivity index (χ3v) is 5.42. The number of nitrogens with zero attached hydrogens (tertiary/aromatic N) is 5. The molecule has 12 heteroatoms. The lowest BCUT2D eigenvalue weighted by molar-refractivity contribution is -0.192.